The molecule has 138 valence electrons. The van der Waals surface area contributed by atoms with Crippen molar-refractivity contribution < 1.29 is 19.4 Å². The van der Waals surface area contributed by atoms with Crippen LogP contribution in [0.4, 0.5) is 0 Å². The smallest absolute Gasteiger partial charge is 0.255 e. The van der Waals surface area contributed by atoms with E-state index in [1.165, 1.54) is 13.2 Å². The summed E-state index contributed by atoms with van der Waals surface area (Å²) in [6.45, 7) is 1.75. The zero-order chi connectivity index (χ0) is 18.6. The average Bonchev–Trinajstić information content (AvgIpc) is 2.67. The van der Waals surface area contributed by atoms with Crippen molar-refractivity contribution in [2.45, 2.75) is 18.3 Å². The number of phenols is 1. The van der Waals surface area contributed by atoms with E-state index in [1.807, 2.05) is 24.3 Å². The van der Waals surface area contributed by atoms with Gasteiger partial charge in [0, 0.05) is 36.3 Å². The van der Waals surface area contributed by atoms with Gasteiger partial charge in [0.25, 0.3) is 5.91 Å². The normalized spacial score (nSPS) is 16.1. The van der Waals surface area contributed by atoms with Crippen LogP contribution >= 0.6 is 11.6 Å². The van der Waals surface area contributed by atoms with Crippen molar-refractivity contribution in [1.29, 1.82) is 0 Å². The lowest BCUT2D eigenvalue weighted by Crippen LogP contribution is -2.44. The number of carbonyl (C=O) groups is 1. The number of hydrogen-bond donors (Lipinski definition) is 2. The van der Waals surface area contributed by atoms with E-state index in [0.29, 0.717) is 30.5 Å². The third kappa shape index (κ3) is 3.94. The van der Waals surface area contributed by atoms with Crippen LogP contribution < -0.4 is 10.1 Å². The van der Waals surface area contributed by atoms with Crippen molar-refractivity contribution in [1.82, 2.24) is 5.32 Å². The maximum absolute atomic E-state index is 12.6. The Bertz CT molecular complexity index is 770. The van der Waals surface area contributed by atoms with Gasteiger partial charge in [0.15, 0.2) is 0 Å². The number of carbonyl (C=O) groups excluding carboxylic acids is 1. The van der Waals surface area contributed by atoms with E-state index in [9.17, 15) is 9.90 Å². The summed E-state index contributed by atoms with van der Waals surface area (Å²) in [5, 5.41) is 13.7. The van der Waals surface area contributed by atoms with Crippen LogP contribution in [0.1, 0.15) is 28.8 Å². The number of hydrogen-bond acceptors (Lipinski definition) is 4. The number of methoxy groups -OCH3 is 1. The van der Waals surface area contributed by atoms with Gasteiger partial charge in [-0.2, -0.15) is 0 Å². The lowest BCUT2D eigenvalue weighted by Gasteiger charge is -2.38. The molecule has 1 aliphatic rings. The fourth-order valence-electron chi connectivity index (χ4n) is 3.31. The molecule has 26 heavy (non-hydrogen) atoms. The standard InChI is InChI=1S/C20H22ClNO4/c1-25-16-6-7-17(18(23)12-16)19(24)22-13-20(8-10-26-11-9-20)14-2-4-15(21)5-3-14/h2-7,12,23H,8-11,13H2,1H3,(H,22,24). The first-order chi connectivity index (χ1) is 12.5. The zero-order valence-corrected chi connectivity index (χ0v) is 15.4. The first-order valence-corrected chi connectivity index (χ1v) is 8.91. The molecule has 2 aromatic carbocycles. The molecule has 1 saturated heterocycles. The topological polar surface area (TPSA) is 67.8 Å². The van der Waals surface area contributed by atoms with Gasteiger partial charge in [-0.3, -0.25) is 4.79 Å². The monoisotopic (exact) mass is 375 g/mol. The van der Waals surface area contributed by atoms with Gasteiger partial charge in [-0.25, -0.2) is 0 Å². The highest BCUT2D eigenvalue weighted by Gasteiger charge is 2.35. The van der Waals surface area contributed by atoms with E-state index in [0.717, 1.165) is 18.4 Å². The Morgan fingerprint density at radius 3 is 2.54 bits per heavy atom. The van der Waals surface area contributed by atoms with E-state index in [2.05, 4.69) is 5.32 Å². The van der Waals surface area contributed by atoms with Crippen molar-refractivity contribution in [2.24, 2.45) is 0 Å². The molecule has 0 saturated carbocycles. The maximum Gasteiger partial charge on any atom is 0.255 e. The lowest BCUT2D eigenvalue weighted by molar-refractivity contribution is 0.0487. The maximum atomic E-state index is 12.6. The van der Waals surface area contributed by atoms with Crippen LogP contribution in [0.3, 0.4) is 0 Å². The minimum absolute atomic E-state index is 0.102. The summed E-state index contributed by atoms with van der Waals surface area (Å²) >= 11 is 6.01. The summed E-state index contributed by atoms with van der Waals surface area (Å²) in [6, 6.07) is 12.4. The number of nitrogens with one attached hydrogen (secondary N) is 1. The van der Waals surface area contributed by atoms with Crippen molar-refractivity contribution in [2.75, 3.05) is 26.9 Å². The molecule has 0 radical (unpaired) electrons. The Morgan fingerprint density at radius 2 is 1.92 bits per heavy atom. The molecule has 0 aliphatic carbocycles. The molecule has 1 fully saturated rings. The molecule has 1 aliphatic heterocycles. The second-order valence-corrected chi connectivity index (χ2v) is 6.90. The summed E-state index contributed by atoms with van der Waals surface area (Å²) in [4.78, 5) is 12.6. The van der Waals surface area contributed by atoms with E-state index in [4.69, 9.17) is 21.1 Å². The molecule has 5 nitrogen and oxygen atoms in total. The average molecular weight is 376 g/mol. The Labute approximate surface area is 157 Å². The zero-order valence-electron chi connectivity index (χ0n) is 14.6. The van der Waals surface area contributed by atoms with Crippen molar-refractivity contribution in [3.05, 3.63) is 58.6 Å². The molecule has 2 N–H and O–H groups in total. The Kier molecular flexibility index (Phi) is 5.69. The number of halogens is 1. The van der Waals surface area contributed by atoms with Gasteiger partial charge in [0.1, 0.15) is 11.5 Å². The van der Waals surface area contributed by atoms with Crippen LogP contribution in [-0.2, 0) is 10.2 Å². The van der Waals surface area contributed by atoms with Crippen LogP contribution in [-0.4, -0.2) is 37.9 Å². The highest BCUT2D eigenvalue weighted by molar-refractivity contribution is 6.30. The summed E-state index contributed by atoms with van der Waals surface area (Å²) in [5.74, 6) is 0.0838. The number of benzene rings is 2. The largest absolute Gasteiger partial charge is 0.507 e. The lowest BCUT2D eigenvalue weighted by atomic mass is 9.74. The first kappa shape index (κ1) is 18.5. The molecule has 2 aromatic rings. The van der Waals surface area contributed by atoms with Crippen LogP contribution in [0, 0.1) is 0 Å². The summed E-state index contributed by atoms with van der Waals surface area (Å²) < 4.78 is 10.6. The number of aromatic hydroxyl groups is 1. The summed E-state index contributed by atoms with van der Waals surface area (Å²) in [7, 11) is 1.51. The fraction of sp³-hybridized carbons (Fsp3) is 0.350. The van der Waals surface area contributed by atoms with E-state index >= 15 is 0 Å². The second kappa shape index (κ2) is 7.98. The van der Waals surface area contributed by atoms with Gasteiger partial charge in [-0.05, 0) is 42.7 Å². The summed E-state index contributed by atoms with van der Waals surface area (Å²) in [6.07, 6.45) is 1.62. The Balaban J connectivity index is 1.78. The number of phenolic OH excluding ortho intramolecular Hbond substituents is 1. The van der Waals surface area contributed by atoms with Gasteiger partial charge in [-0.1, -0.05) is 23.7 Å². The molecular formula is C20H22ClNO4. The Morgan fingerprint density at radius 1 is 1.23 bits per heavy atom. The number of ether oxygens (including phenoxy) is 2. The molecule has 1 amide bonds. The van der Waals surface area contributed by atoms with Gasteiger partial charge in [-0.15, -0.1) is 0 Å². The molecule has 0 atom stereocenters. The highest BCUT2D eigenvalue weighted by Crippen LogP contribution is 2.35. The highest BCUT2D eigenvalue weighted by atomic mass is 35.5. The quantitative estimate of drug-likeness (QED) is 0.838. The van der Waals surface area contributed by atoms with E-state index < -0.39 is 0 Å². The predicted octanol–water partition coefficient (Wildman–Crippen LogP) is 3.53. The van der Waals surface area contributed by atoms with Crippen molar-refractivity contribution in [3.8, 4) is 11.5 Å². The second-order valence-electron chi connectivity index (χ2n) is 6.47. The van der Waals surface area contributed by atoms with Gasteiger partial charge >= 0.3 is 0 Å². The van der Waals surface area contributed by atoms with Crippen molar-refractivity contribution >= 4 is 17.5 Å². The van der Waals surface area contributed by atoms with Crippen LogP contribution in [0.15, 0.2) is 42.5 Å². The van der Waals surface area contributed by atoms with Crippen LogP contribution in [0.5, 0.6) is 11.5 Å². The van der Waals surface area contributed by atoms with E-state index in [1.54, 1.807) is 12.1 Å². The summed E-state index contributed by atoms with van der Waals surface area (Å²) in [5.41, 5.74) is 1.15. The molecule has 1 heterocycles. The third-order valence-corrected chi connectivity index (χ3v) is 5.20. The molecular weight excluding hydrogens is 354 g/mol. The number of rotatable bonds is 5. The Hall–Kier alpha value is -2.24. The molecule has 3 rings (SSSR count). The van der Waals surface area contributed by atoms with Gasteiger partial charge < -0.3 is 19.9 Å². The van der Waals surface area contributed by atoms with Gasteiger partial charge in [0.05, 0.1) is 12.7 Å². The van der Waals surface area contributed by atoms with Crippen LogP contribution in [0.2, 0.25) is 5.02 Å². The SMILES string of the molecule is COc1ccc(C(=O)NCC2(c3ccc(Cl)cc3)CCOCC2)c(O)c1. The van der Waals surface area contributed by atoms with Crippen molar-refractivity contribution in [3.63, 3.8) is 0 Å². The molecule has 0 aromatic heterocycles. The van der Waals surface area contributed by atoms with E-state index in [-0.39, 0.29) is 22.6 Å². The minimum Gasteiger partial charge on any atom is -0.507 e. The molecule has 0 spiro atoms. The fourth-order valence-corrected chi connectivity index (χ4v) is 3.43. The first-order valence-electron chi connectivity index (χ1n) is 8.53. The number of amides is 1. The minimum atomic E-state index is -0.315. The molecule has 0 unspecified atom stereocenters. The molecule has 0 bridgehead atoms. The van der Waals surface area contributed by atoms with Crippen LogP contribution in [0.25, 0.3) is 0 Å². The molecule has 6 heteroatoms. The van der Waals surface area contributed by atoms with Gasteiger partial charge in [0.2, 0.25) is 0 Å². The third-order valence-electron chi connectivity index (χ3n) is 4.94. The predicted molar refractivity (Wildman–Crippen MR) is 100 cm³/mol.